The molecule has 94 valence electrons. The van der Waals surface area contributed by atoms with Crippen molar-refractivity contribution < 1.29 is 9.63 Å². The van der Waals surface area contributed by atoms with Crippen LogP contribution < -0.4 is 5.32 Å². The molecule has 18 heavy (non-hydrogen) atoms. The lowest BCUT2D eigenvalue weighted by molar-refractivity contribution is 0.191. The van der Waals surface area contributed by atoms with Crippen molar-refractivity contribution in [2.24, 2.45) is 0 Å². The van der Waals surface area contributed by atoms with Gasteiger partial charge in [-0.3, -0.25) is 4.98 Å². The van der Waals surface area contributed by atoms with E-state index in [4.69, 9.17) is 4.52 Å². The molecule has 1 saturated heterocycles. The first-order valence-electron chi connectivity index (χ1n) is 5.90. The minimum absolute atomic E-state index is 0.0572. The molecule has 1 fully saturated rings. The quantitative estimate of drug-likeness (QED) is 0.816. The topological polar surface area (TPSA) is 84.1 Å². The molecule has 1 aliphatic heterocycles. The highest BCUT2D eigenvalue weighted by Gasteiger charge is 2.28. The highest BCUT2D eigenvalue weighted by Crippen LogP contribution is 2.25. The predicted molar refractivity (Wildman–Crippen MR) is 63.6 cm³/mol. The van der Waals surface area contributed by atoms with Gasteiger partial charge in [-0.05, 0) is 25.0 Å². The molecule has 6 nitrogen and oxygen atoms in total. The summed E-state index contributed by atoms with van der Waals surface area (Å²) in [6, 6.07) is 1.85. The van der Waals surface area contributed by atoms with Crippen molar-refractivity contribution in [1.82, 2.24) is 20.4 Å². The zero-order chi connectivity index (χ0) is 12.5. The second-order valence-electron chi connectivity index (χ2n) is 4.50. The van der Waals surface area contributed by atoms with Crippen LogP contribution >= 0.6 is 0 Å². The number of aromatic nitrogens is 3. The summed E-state index contributed by atoms with van der Waals surface area (Å²) in [5.74, 6) is 1.06. The number of β-amino-alcohol motifs (C(OH)–C–C–N with tert-alkyl or cyclic N) is 1. The fourth-order valence-electron chi connectivity index (χ4n) is 2.09. The van der Waals surface area contributed by atoms with Crippen molar-refractivity contribution in [3.05, 3.63) is 29.9 Å². The average Bonchev–Trinajstić information content (AvgIpc) is 2.98. The molecule has 3 heterocycles. The second kappa shape index (κ2) is 4.47. The van der Waals surface area contributed by atoms with Gasteiger partial charge < -0.3 is 14.9 Å². The number of nitrogens with zero attached hydrogens (tertiary/aromatic N) is 3. The van der Waals surface area contributed by atoms with Gasteiger partial charge in [0, 0.05) is 24.5 Å². The molecule has 2 N–H and O–H groups in total. The van der Waals surface area contributed by atoms with Gasteiger partial charge >= 0.3 is 0 Å². The van der Waals surface area contributed by atoms with E-state index in [0.717, 1.165) is 11.1 Å². The maximum Gasteiger partial charge on any atom is 0.244 e. The molecule has 0 unspecified atom stereocenters. The number of hydrogen-bond acceptors (Lipinski definition) is 6. The molecule has 0 amide bonds. The molecule has 0 radical (unpaired) electrons. The summed E-state index contributed by atoms with van der Waals surface area (Å²) in [5.41, 5.74) is 1.92. The van der Waals surface area contributed by atoms with Gasteiger partial charge in [-0.15, -0.1) is 0 Å². The van der Waals surface area contributed by atoms with E-state index in [1.165, 1.54) is 0 Å². The summed E-state index contributed by atoms with van der Waals surface area (Å²) >= 11 is 0. The van der Waals surface area contributed by atoms with Gasteiger partial charge in [-0.25, -0.2) is 0 Å². The van der Waals surface area contributed by atoms with Crippen LogP contribution in [0.5, 0.6) is 0 Å². The van der Waals surface area contributed by atoms with E-state index >= 15 is 0 Å². The number of nitrogens with one attached hydrogen (secondary N) is 1. The Hall–Kier alpha value is -1.79. The molecule has 0 aromatic carbocycles. The minimum Gasteiger partial charge on any atom is -0.392 e. The molecule has 3 rings (SSSR count). The summed E-state index contributed by atoms with van der Waals surface area (Å²) in [6.45, 7) is 2.54. The van der Waals surface area contributed by atoms with Gasteiger partial charge in [-0.1, -0.05) is 5.16 Å². The summed E-state index contributed by atoms with van der Waals surface area (Å²) in [4.78, 5) is 8.43. The maximum absolute atomic E-state index is 9.47. The van der Waals surface area contributed by atoms with Crippen LogP contribution in [0.1, 0.15) is 23.9 Å². The van der Waals surface area contributed by atoms with Crippen molar-refractivity contribution in [3.63, 3.8) is 0 Å². The van der Waals surface area contributed by atoms with E-state index in [1.54, 1.807) is 12.4 Å². The van der Waals surface area contributed by atoms with E-state index in [2.05, 4.69) is 20.4 Å². The number of hydrogen-bond donors (Lipinski definition) is 2. The molecule has 2 aromatic rings. The third-order valence-corrected chi connectivity index (χ3v) is 3.13. The fourth-order valence-corrected chi connectivity index (χ4v) is 2.09. The van der Waals surface area contributed by atoms with Gasteiger partial charge in [0.1, 0.15) is 0 Å². The first-order chi connectivity index (χ1) is 8.74. The first kappa shape index (κ1) is 11.3. The Labute approximate surface area is 104 Å². The van der Waals surface area contributed by atoms with Crippen molar-refractivity contribution in [2.45, 2.75) is 25.5 Å². The van der Waals surface area contributed by atoms with Gasteiger partial charge in [-0.2, -0.15) is 4.98 Å². The van der Waals surface area contributed by atoms with Crippen LogP contribution in [0.2, 0.25) is 0 Å². The molecule has 0 saturated carbocycles. The highest BCUT2D eigenvalue weighted by molar-refractivity contribution is 5.57. The van der Waals surface area contributed by atoms with Gasteiger partial charge in [0.2, 0.25) is 11.7 Å². The van der Waals surface area contributed by atoms with E-state index < -0.39 is 0 Å². The number of aliphatic hydroxyl groups excluding tert-OH is 1. The summed E-state index contributed by atoms with van der Waals surface area (Å²) in [7, 11) is 0. The Kier molecular flexibility index (Phi) is 2.81. The van der Waals surface area contributed by atoms with Crippen molar-refractivity contribution in [1.29, 1.82) is 0 Å². The lowest BCUT2D eigenvalue weighted by Crippen LogP contribution is -2.15. The zero-order valence-corrected chi connectivity index (χ0v) is 10.00. The van der Waals surface area contributed by atoms with Crippen LogP contribution in [0.3, 0.4) is 0 Å². The Morgan fingerprint density at radius 2 is 2.39 bits per heavy atom. The molecule has 0 spiro atoms. The average molecular weight is 246 g/mol. The SMILES string of the molecule is Cc1ccncc1-c1noc([C@H]2C[C@H](O)CN2)n1. The lowest BCUT2D eigenvalue weighted by atomic mass is 10.1. The molecule has 0 aliphatic carbocycles. The number of aryl methyl sites for hydroxylation is 1. The van der Waals surface area contributed by atoms with Crippen molar-refractivity contribution in [3.8, 4) is 11.4 Å². The molecule has 2 aromatic heterocycles. The standard InChI is InChI=1S/C12H14N4O2/c1-7-2-3-13-6-9(7)11-15-12(18-16-11)10-4-8(17)5-14-10/h2-3,6,8,10,14,17H,4-5H2,1H3/t8-,10+/m0/s1. The first-order valence-corrected chi connectivity index (χ1v) is 5.90. The summed E-state index contributed by atoms with van der Waals surface area (Å²) in [5, 5.41) is 16.6. The van der Waals surface area contributed by atoms with Crippen LogP contribution in [-0.2, 0) is 0 Å². The van der Waals surface area contributed by atoms with Crippen LogP contribution in [0.4, 0.5) is 0 Å². The van der Waals surface area contributed by atoms with Gasteiger partial charge in [0.15, 0.2) is 0 Å². The van der Waals surface area contributed by atoms with Crippen LogP contribution in [0.15, 0.2) is 23.0 Å². The number of pyridine rings is 1. The third kappa shape index (κ3) is 2.00. The van der Waals surface area contributed by atoms with Crippen LogP contribution in [0, 0.1) is 6.92 Å². The third-order valence-electron chi connectivity index (χ3n) is 3.13. The monoisotopic (exact) mass is 246 g/mol. The van der Waals surface area contributed by atoms with Crippen LogP contribution in [0.25, 0.3) is 11.4 Å². The highest BCUT2D eigenvalue weighted by atomic mass is 16.5. The van der Waals surface area contributed by atoms with Crippen molar-refractivity contribution in [2.75, 3.05) is 6.54 Å². The number of rotatable bonds is 2. The Balaban J connectivity index is 1.88. The predicted octanol–water partition coefficient (Wildman–Crippen LogP) is 0.835. The van der Waals surface area contributed by atoms with Gasteiger partial charge in [0.25, 0.3) is 0 Å². The van der Waals surface area contributed by atoms with Crippen LogP contribution in [-0.4, -0.2) is 32.9 Å². The molecule has 2 atom stereocenters. The largest absolute Gasteiger partial charge is 0.392 e. The summed E-state index contributed by atoms with van der Waals surface area (Å²) in [6.07, 6.45) is 3.72. The minimum atomic E-state index is -0.342. The summed E-state index contributed by atoms with van der Waals surface area (Å²) < 4.78 is 5.24. The molecule has 1 aliphatic rings. The van der Waals surface area contributed by atoms with Crippen molar-refractivity contribution >= 4 is 0 Å². The Bertz CT molecular complexity index is 555. The number of aliphatic hydroxyl groups is 1. The molecular formula is C12H14N4O2. The lowest BCUT2D eigenvalue weighted by Gasteiger charge is -2.01. The maximum atomic E-state index is 9.47. The molecular weight excluding hydrogens is 232 g/mol. The normalized spacial score (nSPS) is 23.4. The van der Waals surface area contributed by atoms with E-state index in [9.17, 15) is 5.11 Å². The fraction of sp³-hybridized carbons (Fsp3) is 0.417. The second-order valence-corrected chi connectivity index (χ2v) is 4.50. The molecule has 6 heteroatoms. The smallest absolute Gasteiger partial charge is 0.244 e. The zero-order valence-electron chi connectivity index (χ0n) is 10.00. The van der Waals surface area contributed by atoms with Gasteiger partial charge in [0.05, 0.1) is 12.1 Å². The van der Waals surface area contributed by atoms with E-state index in [1.807, 2.05) is 13.0 Å². The Morgan fingerprint density at radius 1 is 1.50 bits per heavy atom. The Morgan fingerprint density at radius 3 is 3.11 bits per heavy atom. The van der Waals surface area contributed by atoms with E-state index in [0.29, 0.717) is 24.7 Å². The molecule has 0 bridgehead atoms. The van der Waals surface area contributed by atoms with E-state index in [-0.39, 0.29) is 12.1 Å².